The largest absolute Gasteiger partial charge is 0.480 e. The van der Waals surface area contributed by atoms with Gasteiger partial charge in [-0.05, 0) is 6.92 Å². The summed E-state index contributed by atoms with van der Waals surface area (Å²) in [7, 11) is 0. The number of hydrogen-bond donors (Lipinski definition) is 2. The summed E-state index contributed by atoms with van der Waals surface area (Å²) in [5.41, 5.74) is 0. The van der Waals surface area contributed by atoms with Crippen LogP contribution >= 0.6 is 11.3 Å². The number of carboxylic acid groups (broad SMARTS) is 1. The number of nitrogens with zero attached hydrogens (tertiary/aromatic N) is 1. The van der Waals surface area contributed by atoms with E-state index in [1.54, 1.807) is 0 Å². The van der Waals surface area contributed by atoms with Gasteiger partial charge in [-0.3, -0.25) is 9.59 Å². The lowest BCUT2D eigenvalue weighted by Gasteiger charge is -2.06. The summed E-state index contributed by atoms with van der Waals surface area (Å²) in [4.78, 5) is 26.7. The number of aliphatic carboxylic acids is 1. The molecule has 1 unspecified atom stereocenters. The lowest BCUT2D eigenvalue weighted by Crippen LogP contribution is -2.37. The highest BCUT2D eigenvalue weighted by molar-refractivity contribution is 7.13. The van der Waals surface area contributed by atoms with E-state index in [4.69, 9.17) is 5.11 Å². The summed E-state index contributed by atoms with van der Waals surface area (Å²) < 4.78 is 0. The first-order valence-corrected chi connectivity index (χ1v) is 5.73. The monoisotopic (exact) mass is 242 g/mol. The standard InChI is InChI=1S/C10H14N2O3S/c1-5(2)9-11-4-7(16-9)8(13)12-6(3)10(14)15/h4-6H,1-3H3,(H,12,13)(H,14,15). The molecule has 0 aliphatic rings. The zero-order valence-corrected chi connectivity index (χ0v) is 10.2. The maximum absolute atomic E-state index is 11.6. The summed E-state index contributed by atoms with van der Waals surface area (Å²) in [5, 5.41) is 11.9. The van der Waals surface area contributed by atoms with Crippen molar-refractivity contribution in [3.8, 4) is 0 Å². The number of carbonyl (C=O) groups excluding carboxylic acids is 1. The first-order chi connectivity index (χ1) is 7.41. The Bertz CT molecular complexity index is 401. The van der Waals surface area contributed by atoms with Crippen molar-refractivity contribution in [3.05, 3.63) is 16.1 Å². The van der Waals surface area contributed by atoms with E-state index in [9.17, 15) is 9.59 Å². The average Bonchev–Trinajstić information content (AvgIpc) is 2.65. The topological polar surface area (TPSA) is 79.3 Å². The number of amides is 1. The molecule has 1 heterocycles. The zero-order chi connectivity index (χ0) is 12.3. The molecule has 1 amide bonds. The van der Waals surface area contributed by atoms with Crippen LogP contribution in [0.3, 0.4) is 0 Å². The van der Waals surface area contributed by atoms with Crippen molar-refractivity contribution in [2.24, 2.45) is 0 Å². The Morgan fingerprint density at radius 1 is 1.44 bits per heavy atom. The van der Waals surface area contributed by atoms with Crippen LogP contribution in [0.25, 0.3) is 0 Å². The second-order valence-corrected chi connectivity index (χ2v) is 4.81. The molecule has 1 aromatic heterocycles. The molecule has 0 fully saturated rings. The normalized spacial score (nSPS) is 12.5. The van der Waals surface area contributed by atoms with Gasteiger partial charge in [-0.2, -0.15) is 0 Å². The predicted octanol–water partition coefficient (Wildman–Crippen LogP) is 1.47. The minimum Gasteiger partial charge on any atom is -0.480 e. The van der Waals surface area contributed by atoms with Crippen molar-refractivity contribution >= 4 is 23.2 Å². The lowest BCUT2D eigenvalue weighted by atomic mass is 10.2. The first kappa shape index (κ1) is 12.6. The van der Waals surface area contributed by atoms with Gasteiger partial charge in [0.1, 0.15) is 10.9 Å². The van der Waals surface area contributed by atoms with Crippen LogP contribution in [0.15, 0.2) is 6.20 Å². The number of carboxylic acids is 1. The Morgan fingerprint density at radius 3 is 2.50 bits per heavy atom. The van der Waals surface area contributed by atoms with Gasteiger partial charge in [0, 0.05) is 5.92 Å². The molecule has 0 radical (unpaired) electrons. The number of aromatic nitrogens is 1. The van der Waals surface area contributed by atoms with Crippen molar-refractivity contribution < 1.29 is 14.7 Å². The maximum atomic E-state index is 11.6. The van der Waals surface area contributed by atoms with E-state index in [0.29, 0.717) is 4.88 Å². The molecule has 1 rings (SSSR count). The highest BCUT2D eigenvalue weighted by Gasteiger charge is 2.17. The fourth-order valence-corrected chi connectivity index (χ4v) is 1.81. The minimum absolute atomic E-state index is 0.267. The SMILES string of the molecule is CC(NC(=O)c1cnc(C(C)C)s1)C(=O)O. The van der Waals surface area contributed by atoms with Crippen LogP contribution in [0.4, 0.5) is 0 Å². The molecule has 0 aliphatic carbocycles. The van der Waals surface area contributed by atoms with Crippen molar-refractivity contribution in [2.75, 3.05) is 0 Å². The molecule has 0 aliphatic heterocycles. The Balaban J connectivity index is 2.70. The van der Waals surface area contributed by atoms with Crippen LogP contribution in [0, 0.1) is 0 Å². The molecule has 0 spiro atoms. The molecule has 6 heteroatoms. The molecule has 5 nitrogen and oxygen atoms in total. The molecule has 1 atom stereocenters. The van der Waals surface area contributed by atoms with Crippen molar-refractivity contribution in [3.63, 3.8) is 0 Å². The van der Waals surface area contributed by atoms with Gasteiger partial charge < -0.3 is 10.4 Å². The molecule has 1 aromatic rings. The van der Waals surface area contributed by atoms with Gasteiger partial charge in [-0.25, -0.2) is 4.98 Å². The van der Waals surface area contributed by atoms with Crippen molar-refractivity contribution in [2.45, 2.75) is 32.7 Å². The smallest absolute Gasteiger partial charge is 0.325 e. The second-order valence-electron chi connectivity index (χ2n) is 3.75. The number of nitrogens with one attached hydrogen (secondary N) is 1. The van der Waals surface area contributed by atoms with Gasteiger partial charge in [0.25, 0.3) is 5.91 Å². The van der Waals surface area contributed by atoms with Gasteiger partial charge in [0.15, 0.2) is 0 Å². The third-order valence-electron chi connectivity index (χ3n) is 1.96. The molecule has 0 saturated carbocycles. The van der Waals surface area contributed by atoms with E-state index >= 15 is 0 Å². The molecule has 2 N–H and O–H groups in total. The fourth-order valence-electron chi connectivity index (χ4n) is 0.989. The number of hydrogen-bond acceptors (Lipinski definition) is 4. The Kier molecular flexibility index (Phi) is 4.00. The van der Waals surface area contributed by atoms with Crippen molar-refractivity contribution in [1.29, 1.82) is 0 Å². The summed E-state index contributed by atoms with van der Waals surface area (Å²) in [6, 6.07) is -0.892. The quantitative estimate of drug-likeness (QED) is 0.838. The van der Waals surface area contributed by atoms with Crippen molar-refractivity contribution in [1.82, 2.24) is 10.3 Å². The Morgan fingerprint density at radius 2 is 2.06 bits per heavy atom. The van der Waals surface area contributed by atoms with E-state index in [-0.39, 0.29) is 11.8 Å². The third-order valence-corrected chi connectivity index (χ3v) is 3.26. The number of rotatable bonds is 4. The average molecular weight is 242 g/mol. The summed E-state index contributed by atoms with van der Waals surface area (Å²) in [5.74, 6) is -1.18. The zero-order valence-electron chi connectivity index (χ0n) is 9.35. The van der Waals surface area contributed by atoms with Crippen LogP contribution < -0.4 is 5.32 Å². The lowest BCUT2D eigenvalue weighted by molar-refractivity contribution is -0.138. The number of thiazole rings is 1. The van der Waals surface area contributed by atoms with Gasteiger partial charge >= 0.3 is 5.97 Å². The molecular weight excluding hydrogens is 228 g/mol. The molecule has 0 saturated heterocycles. The number of carbonyl (C=O) groups is 2. The van der Waals surface area contributed by atoms with E-state index in [1.807, 2.05) is 13.8 Å². The van der Waals surface area contributed by atoms with Crippen LogP contribution in [-0.2, 0) is 4.79 Å². The van der Waals surface area contributed by atoms with Crippen LogP contribution in [-0.4, -0.2) is 28.0 Å². The molecule has 16 heavy (non-hydrogen) atoms. The first-order valence-electron chi connectivity index (χ1n) is 4.91. The Hall–Kier alpha value is -1.43. The summed E-state index contributed by atoms with van der Waals surface area (Å²) >= 11 is 1.29. The third kappa shape index (κ3) is 3.03. The van der Waals surface area contributed by atoms with Crippen LogP contribution in [0.1, 0.15) is 41.4 Å². The van der Waals surface area contributed by atoms with Gasteiger partial charge in [-0.1, -0.05) is 13.8 Å². The van der Waals surface area contributed by atoms with Gasteiger partial charge in [0.2, 0.25) is 0 Å². The molecular formula is C10H14N2O3S. The molecule has 0 aromatic carbocycles. The summed E-state index contributed by atoms with van der Waals surface area (Å²) in [6.07, 6.45) is 1.48. The minimum atomic E-state index is -1.05. The van der Waals surface area contributed by atoms with Crippen LogP contribution in [0.2, 0.25) is 0 Å². The second kappa shape index (κ2) is 5.07. The fraction of sp³-hybridized carbons (Fsp3) is 0.500. The molecule has 88 valence electrons. The van der Waals surface area contributed by atoms with Crippen LogP contribution in [0.5, 0.6) is 0 Å². The Labute approximate surface area is 97.5 Å². The van der Waals surface area contributed by atoms with E-state index in [1.165, 1.54) is 24.5 Å². The predicted molar refractivity (Wildman–Crippen MR) is 60.8 cm³/mol. The van der Waals surface area contributed by atoms with Gasteiger partial charge in [0.05, 0.1) is 11.2 Å². The van der Waals surface area contributed by atoms with E-state index < -0.39 is 12.0 Å². The van der Waals surface area contributed by atoms with E-state index in [0.717, 1.165) is 5.01 Å². The highest BCUT2D eigenvalue weighted by Crippen LogP contribution is 2.20. The highest BCUT2D eigenvalue weighted by atomic mass is 32.1. The summed E-state index contributed by atoms with van der Waals surface area (Å²) in [6.45, 7) is 5.39. The van der Waals surface area contributed by atoms with Gasteiger partial charge in [-0.15, -0.1) is 11.3 Å². The maximum Gasteiger partial charge on any atom is 0.325 e. The van der Waals surface area contributed by atoms with E-state index in [2.05, 4.69) is 10.3 Å². The molecule has 0 bridgehead atoms.